The molecule has 0 radical (unpaired) electrons. The third-order valence-corrected chi connectivity index (χ3v) is 4.47. The molecule has 0 aromatic heterocycles. The van der Waals surface area contributed by atoms with Gasteiger partial charge in [0.05, 0.1) is 30.3 Å². The van der Waals surface area contributed by atoms with Gasteiger partial charge in [-0.25, -0.2) is 9.22 Å². The van der Waals surface area contributed by atoms with Gasteiger partial charge in [0.2, 0.25) is 5.75 Å². The van der Waals surface area contributed by atoms with Crippen molar-refractivity contribution in [2.75, 3.05) is 14.2 Å². The van der Waals surface area contributed by atoms with Crippen molar-refractivity contribution in [3.05, 3.63) is 57.9 Å². The number of nitrogens with zero attached hydrogens (tertiary/aromatic N) is 2. The van der Waals surface area contributed by atoms with Crippen molar-refractivity contribution in [1.82, 2.24) is 4.83 Å². The van der Waals surface area contributed by atoms with Crippen LogP contribution in [0.15, 0.2) is 46.4 Å². The molecule has 0 saturated carbocycles. The van der Waals surface area contributed by atoms with Gasteiger partial charge < -0.3 is 9.47 Å². The van der Waals surface area contributed by atoms with Crippen LogP contribution in [0.4, 0.5) is 10.1 Å². The average Bonchev–Trinajstić information content (AvgIpc) is 2.61. The molecule has 9 nitrogen and oxygen atoms in total. The molecular weight excluding hydrogens is 369 g/mol. The monoisotopic (exact) mass is 383 g/mol. The van der Waals surface area contributed by atoms with E-state index in [-0.39, 0.29) is 27.6 Å². The van der Waals surface area contributed by atoms with E-state index in [0.717, 1.165) is 36.5 Å². The lowest BCUT2D eigenvalue weighted by Gasteiger charge is -2.08. The largest absolute Gasteiger partial charge is 0.496 e. The number of sulfonamides is 1. The Bertz CT molecular complexity index is 945. The molecule has 0 aliphatic rings. The van der Waals surface area contributed by atoms with Crippen LogP contribution in [0.25, 0.3) is 0 Å². The first-order valence-electron chi connectivity index (χ1n) is 6.99. The summed E-state index contributed by atoms with van der Waals surface area (Å²) in [5.74, 6) is -0.407. The Hall–Kier alpha value is -3.21. The fraction of sp³-hybridized carbons (Fsp3) is 0.133. The number of halogens is 1. The molecule has 11 heteroatoms. The fourth-order valence-electron chi connectivity index (χ4n) is 1.98. The smallest absolute Gasteiger partial charge is 0.311 e. The van der Waals surface area contributed by atoms with Crippen molar-refractivity contribution in [2.45, 2.75) is 4.90 Å². The quantitative estimate of drug-likeness (QED) is 0.444. The third-order valence-electron chi connectivity index (χ3n) is 3.23. The van der Waals surface area contributed by atoms with E-state index < -0.39 is 20.8 Å². The summed E-state index contributed by atoms with van der Waals surface area (Å²) in [5.41, 5.74) is -0.182. The number of methoxy groups -OCH3 is 2. The van der Waals surface area contributed by atoms with Crippen molar-refractivity contribution < 1.29 is 27.2 Å². The number of hydrogen-bond acceptors (Lipinski definition) is 7. The number of hydrogen-bond donors (Lipinski definition) is 1. The van der Waals surface area contributed by atoms with Crippen molar-refractivity contribution in [3.8, 4) is 11.5 Å². The summed E-state index contributed by atoms with van der Waals surface area (Å²) >= 11 is 0. The first-order chi connectivity index (χ1) is 12.3. The van der Waals surface area contributed by atoms with Gasteiger partial charge in [-0.1, -0.05) is 0 Å². The maximum Gasteiger partial charge on any atom is 0.311 e. The van der Waals surface area contributed by atoms with Crippen molar-refractivity contribution in [2.24, 2.45) is 5.10 Å². The van der Waals surface area contributed by atoms with Crippen LogP contribution in [0.2, 0.25) is 0 Å². The molecule has 26 heavy (non-hydrogen) atoms. The summed E-state index contributed by atoms with van der Waals surface area (Å²) in [6, 6.07) is 6.56. The SMILES string of the molecule is COc1cc(OC)c([N+](=O)[O-])cc1/C=N/NS(=O)(=O)c1ccc(F)cc1. The Labute approximate surface area is 148 Å². The lowest BCUT2D eigenvalue weighted by molar-refractivity contribution is -0.385. The fourth-order valence-corrected chi connectivity index (χ4v) is 2.77. The van der Waals surface area contributed by atoms with Crippen LogP contribution in [0.1, 0.15) is 5.56 Å². The van der Waals surface area contributed by atoms with Gasteiger partial charge in [0.25, 0.3) is 10.0 Å². The van der Waals surface area contributed by atoms with Gasteiger partial charge in [0.1, 0.15) is 11.6 Å². The zero-order chi connectivity index (χ0) is 19.3. The Morgan fingerprint density at radius 2 is 1.77 bits per heavy atom. The lowest BCUT2D eigenvalue weighted by atomic mass is 10.1. The lowest BCUT2D eigenvalue weighted by Crippen LogP contribution is -2.18. The highest BCUT2D eigenvalue weighted by Gasteiger charge is 2.19. The van der Waals surface area contributed by atoms with Crippen LogP contribution in [0.5, 0.6) is 11.5 Å². The Balaban J connectivity index is 2.30. The predicted octanol–water partition coefficient (Wildman–Crippen LogP) is 2.06. The third kappa shape index (κ3) is 4.25. The van der Waals surface area contributed by atoms with E-state index >= 15 is 0 Å². The van der Waals surface area contributed by atoms with Crippen molar-refractivity contribution in [3.63, 3.8) is 0 Å². The second-order valence-electron chi connectivity index (χ2n) is 4.83. The van der Waals surface area contributed by atoms with E-state index in [1.54, 1.807) is 0 Å². The molecule has 0 saturated heterocycles. The molecule has 0 atom stereocenters. The zero-order valence-corrected chi connectivity index (χ0v) is 14.5. The number of hydrazone groups is 1. The minimum Gasteiger partial charge on any atom is -0.496 e. The van der Waals surface area contributed by atoms with Gasteiger partial charge >= 0.3 is 5.69 Å². The summed E-state index contributed by atoms with van der Waals surface area (Å²) in [6.07, 6.45) is 1.05. The summed E-state index contributed by atoms with van der Waals surface area (Å²) < 4.78 is 47.0. The topological polar surface area (TPSA) is 120 Å². The second kappa shape index (κ2) is 7.78. The van der Waals surface area contributed by atoms with Gasteiger partial charge in [-0.05, 0) is 24.3 Å². The van der Waals surface area contributed by atoms with Gasteiger partial charge in [-0.15, -0.1) is 0 Å². The van der Waals surface area contributed by atoms with Gasteiger partial charge in [0, 0.05) is 17.7 Å². The minimum absolute atomic E-state index is 0.0177. The van der Waals surface area contributed by atoms with Crippen molar-refractivity contribution in [1.29, 1.82) is 0 Å². The first-order valence-corrected chi connectivity index (χ1v) is 8.47. The number of ether oxygens (including phenoxy) is 2. The average molecular weight is 383 g/mol. The number of nitrogens with one attached hydrogen (secondary N) is 1. The number of nitro benzene ring substituents is 1. The van der Waals surface area contributed by atoms with E-state index in [2.05, 4.69) is 5.10 Å². The number of rotatable bonds is 7. The highest BCUT2D eigenvalue weighted by molar-refractivity contribution is 7.89. The van der Waals surface area contributed by atoms with E-state index in [4.69, 9.17) is 9.47 Å². The van der Waals surface area contributed by atoms with Crippen LogP contribution >= 0.6 is 0 Å². The zero-order valence-electron chi connectivity index (χ0n) is 13.7. The highest BCUT2D eigenvalue weighted by atomic mass is 32.2. The molecule has 0 amide bonds. The summed E-state index contributed by atoms with van der Waals surface area (Å²) in [7, 11) is -1.42. The molecule has 2 aromatic rings. The maximum atomic E-state index is 12.9. The maximum absolute atomic E-state index is 12.9. The molecule has 0 fully saturated rings. The normalized spacial score (nSPS) is 11.3. The number of nitro groups is 1. The molecule has 0 aliphatic heterocycles. The molecule has 138 valence electrons. The Morgan fingerprint density at radius 3 is 2.31 bits per heavy atom. The predicted molar refractivity (Wildman–Crippen MR) is 90.5 cm³/mol. The number of benzene rings is 2. The van der Waals surface area contributed by atoms with Crippen LogP contribution in [-0.2, 0) is 10.0 Å². The van der Waals surface area contributed by atoms with Gasteiger partial charge in [0.15, 0.2) is 0 Å². The molecule has 0 bridgehead atoms. The van der Waals surface area contributed by atoms with Crippen LogP contribution in [0, 0.1) is 15.9 Å². The minimum atomic E-state index is -4.02. The van der Waals surface area contributed by atoms with E-state index in [0.29, 0.717) is 0 Å². The Kier molecular flexibility index (Phi) is 5.72. The summed E-state index contributed by atoms with van der Waals surface area (Å²) in [4.78, 5) is 12.2. The molecule has 2 aromatic carbocycles. The molecule has 0 unspecified atom stereocenters. The molecule has 0 heterocycles. The first kappa shape index (κ1) is 19.1. The van der Waals surface area contributed by atoms with E-state index in [9.17, 15) is 22.9 Å². The molecular formula is C15H14FN3O6S. The van der Waals surface area contributed by atoms with E-state index in [1.165, 1.54) is 20.3 Å². The van der Waals surface area contributed by atoms with Gasteiger partial charge in [-0.2, -0.15) is 13.5 Å². The molecule has 2 rings (SSSR count). The van der Waals surface area contributed by atoms with Gasteiger partial charge in [-0.3, -0.25) is 10.1 Å². The Morgan fingerprint density at radius 1 is 1.15 bits per heavy atom. The molecule has 1 N–H and O–H groups in total. The highest BCUT2D eigenvalue weighted by Crippen LogP contribution is 2.33. The standard InChI is InChI=1S/C15H14FN3O6S/c1-24-14-8-15(25-2)13(19(20)21)7-10(14)9-17-18-26(22,23)12-5-3-11(16)4-6-12/h3-9,18H,1-2H3/b17-9+. The summed E-state index contributed by atoms with van der Waals surface area (Å²) in [6.45, 7) is 0. The molecule has 0 spiro atoms. The summed E-state index contributed by atoms with van der Waals surface area (Å²) in [5, 5.41) is 14.7. The van der Waals surface area contributed by atoms with E-state index in [1.807, 2.05) is 4.83 Å². The van der Waals surface area contributed by atoms with Crippen LogP contribution in [0.3, 0.4) is 0 Å². The van der Waals surface area contributed by atoms with Crippen LogP contribution in [-0.4, -0.2) is 33.8 Å². The second-order valence-corrected chi connectivity index (χ2v) is 6.49. The van der Waals surface area contributed by atoms with Crippen molar-refractivity contribution >= 4 is 21.9 Å². The van der Waals surface area contributed by atoms with Crippen LogP contribution < -0.4 is 14.3 Å². The molecule has 0 aliphatic carbocycles.